The van der Waals surface area contributed by atoms with Crippen LogP contribution in [0.15, 0.2) is 36.4 Å². The topological polar surface area (TPSA) is 97.5 Å². The number of hydrogen-bond donors (Lipinski definition) is 2. The lowest BCUT2D eigenvalue weighted by Gasteiger charge is -2.46. The number of carbonyl (C=O) groups is 2. The molecule has 1 aromatic carbocycles. The molecule has 3 aliphatic rings. The predicted octanol–water partition coefficient (Wildman–Crippen LogP) is 3.88. The number of pyridine rings is 1. The fourth-order valence-electron chi connectivity index (χ4n) is 6.18. The first-order valence-corrected chi connectivity index (χ1v) is 13.5. The summed E-state index contributed by atoms with van der Waals surface area (Å²) in [7, 11) is 0. The molecule has 5 heterocycles. The van der Waals surface area contributed by atoms with Crippen LogP contribution in [-0.4, -0.2) is 80.1 Å². The highest BCUT2D eigenvalue weighted by Gasteiger charge is 2.40. The minimum Gasteiger partial charge on any atom is -0.320 e. The van der Waals surface area contributed by atoms with Gasteiger partial charge in [-0.3, -0.25) is 14.8 Å². The summed E-state index contributed by atoms with van der Waals surface area (Å²) < 4.78 is 0. The van der Waals surface area contributed by atoms with E-state index in [1.807, 2.05) is 35.2 Å². The molecular formula is C28H35N7O2. The first kappa shape index (κ1) is 23.9. The van der Waals surface area contributed by atoms with Gasteiger partial charge in [0.2, 0.25) is 0 Å². The Morgan fingerprint density at radius 1 is 1.14 bits per heavy atom. The Morgan fingerprint density at radius 2 is 2.00 bits per heavy atom. The third kappa shape index (κ3) is 4.68. The smallest absolute Gasteiger partial charge is 0.320 e. The summed E-state index contributed by atoms with van der Waals surface area (Å²) in [5, 5.41) is 11.4. The zero-order chi connectivity index (χ0) is 25.5. The summed E-state index contributed by atoms with van der Waals surface area (Å²) >= 11 is 0. The monoisotopic (exact) mass is 501 g/mol. The highest BCUT2D eigenvalue weighted by atomic mass is 16.2. The molecule has 9 nitrogen and oxygen atoms in total. The molecule has 0 saturated carbocycles. The van der Waals surface area contributed by atoms with E-state index in [0.29, 0.717) is 43.0 Å². The van der Waals surface area contributed by atoms with Crippen molar-refractivity contribution in [3.8, 4) is 0 Å². The van der Waals surface area contributed by atoms with Gasteiger partial charge in [0.15, 0.2) is 5.82 Å². The summed E-state index contributed by atoms with van der Waals surface area (Å²) in [5.74, 6) is 0.705. The number of aromatic nitrogens is 3. The number of aromatic amines is 1. The SMILES string of the molecule is CC(C)C[C@H]1CN2CCC[C@H]2CN1C(=O)N1CCc2[nH]nc(NC(=O)c3ccc4ccccc4n3)c2C1. The maximum absolute atomic E-state index is 13.9. The van der Waals surface area contributed by atoms with E-state index in [9.17, 15) is 9.59 Å². The number of fused-ring (bicyclic) bond motifs is 3. The highest BCUT2D eigenvalue weighted by molar-refractivity contribution is 6.04. The van der Waals surface area contributed by atoms with E-state index in [0.717, 1.165) is 48.2 Å². The van der Waals surface area contributed by atoms with Gasteiger partial charge in [-0.2, -0.15) is 5.10 Å². The van der Waals surface area contributed by atoms with Gasteiger partial charge in [-0.25, -0.2) is 9.78 Å². The number of nitrogens with one attached hydrogen (secondary N) is 2. The van der Waals surface area contributed by atoms with Crippen molar-refractivity contribution in [2.24, 2.45) is 5.92 Å². The van der Waals surface area contributed by atoms with E-state index in [4.69, 9.17) is 0 Å². The number of anilines is 1. The van der Waals surface area contributed by atoms with Crippen LogP contribution < -0.4 is 5.32 Å². The lowest BCUT2D eigenvalue weighted by molar-refractivity contribution is 0.0468. The summed E-state index contributed by atoms with van der Waals surface area (Å²) in [6.45, 7) is 8.48. The molecule has 3 aliphatic heterocycles. The van der Waals surface area contributed by atoms with Crippen LogP contribution in [0.5, 0.6) is 0 Å². The predicted molar refractivity (Wildman–Crippen MR) is 142 cm³/mol. The Bertz CT molecular complexity index is 1320. The second kappa shape index (κ2) is 9.78. The zero-order valence-electron chi connectivity index (χ0n) is 21.6. The molecule has 2 aromatic heterocycles. The largest absolute Gasteiger partial charge is 0.320 e. The van der Waals surface area contributed by atoms with E-state index in [1.165, 1.54) is 12.8 Å². The van der Waals surface area contributed by atoms with Gasteiger partial charge in [0.05, 0.1) is 12.1 Å². The van der Waals surface area contributed by atoms with Gasteiger partial charge in [0, 0.05) is 54.8 Å². The number of amides is 3. The van der Waals surface area contributed by atoms with Crippen molar-refractivity contribution in [1.82, 2.24) is 29.9 Å². The van der Waals surface area contributed by atoms with E-state index in [1.54, 1.807) is 6.07 Å². The molecule has 0 radical (unpaired) electrons. The van der Waals surface area contributed by atoms with Crippen LogP contribution in [0.3, 0.4) is 0 Å². The molecule has 9 heteroatoms. The third-order valence-electron chi connectivity index (χ3n) is 8.05. The first-order chi connectivity index (χ1) is 18.0. The Morgan fingerprint density at radius 3 is 2.86 bits per heavy atom. The quantitative estimate of drug-likeness (QED) is 0.566. The van der Waals surface area contributed by atoms with Gasteiger partial charge in [0.1, 0.15) is 5.69 Å². The number of rotatable bonds is 4. The molecule has 2 atom stereocenters. The zero-order valence-corrected chi connectivity index (χ0v) is 21.6. The molecule has 2 saturated heterocycles. The lowest BCUT2D eigenvalue weighted by atomic mass is 9.98. The van der Waals surface area contributed by atoms with Crippen LogP contribution in [0.25, 0.3) is 10.9 Å². The molecule has 37 heavy (non-hydrogen) atoms. The Labute approximate surface area is 217 Å². The van der Waals surface area contributed by atoms with Crippen LogP contribution in [0.2, 0.25) is 0 Å². The molecule has 0 unspecified atom stereocenters. The summed E-state index contributed by atoms with van der Waals surface area (Å²) in [5.41, 5.74) is 2.97. The number of para-hydroxylation sites is 1. The number of nitrogens with zero attached hydrogens (tertiary/aromatic N) is 5. The van der Waals surface area contributed by atoms with Crippen molar-refractivity contribution in [3.05, 3.63) is 53.3 Å². The number of benzene rings is 1. The molecule has 2 N–H and O–H groups in total. The van der Waals surface area contributed by atoms with Crippen LogP contribution in [-0.2, 0) is 13.0 Å². The molecule has 0 bridgehead atoms. The summed E-state index contributed by atoms with van der Waals surface area (Å²) in [6, 6.07) is 12.2. The Kier molecular flexibility index (Phi) is 6.32. The Balaban J connectivity index is 1.18. The van der Waals surface area contributed by atoms with Crippen molar-refractivity contribution in [1.29, 1.82) is 0 Å². The average molecular weight is 502 g/mol. The maximum Gasteiger partial charge on any atom is 0.320 e. The number of hydrogen-bond acceptors (Lipinski definition) is 5. The summed E-state index contributed by atoms with van der Waals surface area (Å²) in [4.78, 5) is 38.0. The van der Waals surface area contributed by atoms with Crippen LogP contribution >= 0.6 is 0 Å². The maximum atomic E-state index is 13.9. The van der Waals surface area contributed by atoms with Crippen molar-refractivity contribution < 1.29 is 9.59 Å². The molecule has 0 spiro atoms. The van der Waals surface area contributed by atoms with Crippen LogP contribution in [0, 0.1) is 5.92 Å². The van der Waals surface area contributed by atoms with Gasteiger partial charge in [0.25, 0.3) is 5.91 Å². The number of urea groups is 1. The van der Waals surface area contributed by atoms with Gasteiger partial charge in [-0.1, -0.05) is 38.1 Å². The average Bonchev–Trinajstić information content (AvgIpc) is 3.53. The van der Waals surface area contributed by atoms with Gasteiger partial charge in [-0.15, -0.1) is 0 Å². The van der Waals surface area contributed by atoms with Gasteiger partial charge < -0.3 is 15.1 Å². The summed E-state index contributed by atoms with van der Waals surface area (Å²) in [6.07, 6.45) is 4.09. The number of piperazine rings is 1. The van der Waals surface area contributed by atoms with Crippen molar-refractivity contribution in [2.45, 2.75) is 58.2 Å². The minimum atomic E-state index is -0.308. The molecular weight excluding hydrogens is 466 g/mol. The standard InChI is InChI=1S/C28H35N7O2/c1-18(2)14-21-15-33-12-5-7-20(33)16-35(21)28(37)34-13-11-24-22(17-34)26(32-31-24)30-27(36)25-10-9-19-6-3-4-8-23(19)29-25/h3-4,6,8-10,18,20-21H,5,7,11-17H2,1-2H3,(H2,30,31,32,36)/t20-,21-/m0/s1. The number of H-pyrrole nitrogens is 1. The minimum absolute atomic E-state index is 0.109. The third-order valence-corrected chi connectivity index (χ3v) is 8.05. The fraction of sp³-hybridized carbons (Fsp3) is 0.500. The van der Waals surface area contributed by atoms with Crippen LogP contribution in [0.4, 0.5) is 10.6 Å². The van der Waals surface area contributed by atoms with Crippen LogP contribution in [0.1, 0.15) is 54.9 Å². The number of carbonyl (C=O) groups excluding carboxylic acids is 2. The lowest BCUT2D eigenvalue weighted by Crippen LogP contribution is -2.61. The van der Waals surface area contributed by atoms with Crippen molar-refractivity contribution in [3.63, 3.8) is 0 Å². The van der Waals surface area contributed by atoms with Crippen molar-refractivity contribution >= 4 is 28.7 Å². The van der Waals surface area contributed by atoms with E-state index < -0.39 is 0 Å². The Hall–Kier alpha value is -3.46. The van der Waals surface area contributed by atoms with Crippen molar-refractivity contribution in [2.75, 3.05) is 31.5 Å². The fourth-order valence-corrected chi connectivity index (χ4v) is 6.18. The highest BCUT2D eigenvalue weighted by Crippen LogP contribution is 2.30. The van der Waals surface area contributed by atoms with Gasteiger partial charge >= 0.3 is 6.03 Å². The normalized spacial score (nSPS) is 21.8. The van der Waals surface area contributed by atoms with Gasteiger partial charge in [-0.05, 0) is 43.9 Å². The molecule has 0 aliphatic carbocycles. The second-order valence-electron chi connectivity index (χ2n) is 11.1. The first-order valence-electron chi connectivity index (χ1n) is 13.5. The molecule has 194 valence electrons. The molecule has 6 rings (SSSR count). The second-order valence-corrected chi connectivity index (χ2v) is 11.1. The van der Waals surface area contributed by atoms with E-state index >= 15 is 0 Å². The molecule has 3 aromatic rings. The molecule has 2 fully saturated rings. The van der Waals surface area contributed by atoms with E-state index in [-0.39, 0.29) is 18.0 Å². The van der Waals surface area contributed by atoms with E-state index in [2.05, 4.69) is 44.1 Å². The molecule has 3 amide bonds.